The van der Waals surface area contributed by atoms with Gasteiger partial charge in [0.05, 0.1) is 20.3 Å². The molecular formula is C25H34N2O4. The molecule has 168 valence electrons. The molecule has 6 nitrogen and oxygen atoms in total. The van der Waals surface area contributed by atoms with Crippen molar-refractivity contribution in [1.82, 2.24) is 9.80 Å². The van der Waals surface area contributed by atoms with E-state index in [9.17, 15) is 5.11 Å². The third kappa shape index (κ3) is 6.20. The maximum atomic E-state index is 10.4. The topological polar surface area (TPSA) is 54.4 Å². The van der Waals surface area contributed by atoms with E-state index in [2.05, 4.69) is 46.2 Å². The molecule has 0 bridgehead atoms. The molecule has 2 aromatic carbocycles. The Balaban J connectivity index is 1.33. The van der Waals surface area contributed by atoms with Crippen LogP contribution in [0.5, 0.6) is 11.5 Å². The molecule has 0 amide bonds. The normalized spacial score (nSPS) is 18.8. The molecule has 6 heteroatoms. The van der Waals surface area contributed by atoms with Crippen LogP contribution in [-0.2, 0) is 24.1 Å². The summed E-state index contributed by atoms with van der Waals surface area (Å²) in [6, 6.07) is 14.9. The lowest BCUT2D eigenvalue weighted by Crippen LogP contribution is -2.42. The first-order valence-corrected chi connectivity index (χ1v) is 11.3. The number of rotatable bonds is 8. The average molecular weight is 427 g/mol. The number of ether oxygens (including phenoxy) is 3. The van der Waals surface area contributed by atoms with E-state index >= 15 is 0 Å². The zero-order valence-corrected chi connectivity index (χ0v) is 18.5. The zero-order valence-electron chi connectivity index (χ0n) is 18.5. The summed E-state index contributed by atoms with van der Waals surface area (Å²) >= 11 is 0. The molecule has 2 aliphatic heterocycles. The lowest BCUT2D eigenvalue weighted by molar-refractivity contribution is 0.00444. The van der Waals surface area contributed by atoms with Gasteiger partial charge in [-0.15, -0.1) is 0 Å². The minimum absolute atomic E-state index is 0.246. The number of β-amino-alcohol motifs (C(OH)–C–C–N with tert-alkyl or cyclic N) is 1. The largest absolute Gasteiger partial charge is 0.493 e. The molecule has 0 aliphatic carbocycles. The molecule has 31 heavy (non-hydrogen) atoms. The van der Waals surface area contributed by atoms with E-state index in [1.165, 1.54) is 16.7 Å². The number of benzene rings is 2. The van der Waals surface area contributed by atoms with Crippen LogP contribution < -0.4 is 9.47 Å². The third-order valence-corrected chi connectivity index (χ3v) is 6.15. The van der Waals surface area contributed by atoms with Crippen LogP contribution in [0.3, 0.4) is 0 Å². The third-order valence-electron chi connectivity index (χ3n) is 6.15. The molecule has 2 aromatic rings. The van der Waals surface area contributed by atoms with E-state index in [0.29, 0.717) is 18.0 Å². The quantitative estimate of drug-likeness (QED) is 0.700. The number of fused-ring (bicyclic) bond motifs is 1. The number of methoxy groups -OCH3 is 1. The van der Waals surface area contributed by atoms with Gasteiger partial charge in [-0.25, -0.2) is 0 Å². The van der Waals surface area contributed by atoms with Gasteiger partial charge in [-0.3, -0.25) is 9.80 Å². The van der Waals surface area contributed by atoms with Crippen LogP contribution in [0.1, 0.15) is 16.7 Å². The number of hydrogen-bond donors (Lipinski definition) is 1. The Morgan fingerprint density at radius 3 is 2.32 bits per heavy atom. The summed E-state index contributed by atoms with van der Waals surface area (Å²) in [6.45, 7) is 7.00. The van der Waals surface area contributed by atoms with Crippen LogP contribution in [0, 0.1) is 0 Å². The Kier molecular flexibility index (Phi) is 7.81. The number of hydrogen-bond acceptors (Lipinski definition) is 6. The molecule has 2 heterocycles. The smallest absolute Gasteiger partial charge is 0.161 e. The van der Waals surface area contributed by atoms with Crippen LogP contribution in [-0.4, -0.2) is 80.7 Å². The van der Waals surface area contributed by atoms with Gasteiger partial charge in [-0.1, -0.05) is 30.3 Å². The van der Waals surface area contributed by atoms with Crippen molar-refractivity contribution in [2.45, 2.75) is 25.5 Å². The molecule has 1 atom stereocenters. The predicted molar refractivity (Wildman–Crippen MR) is 121 cm³/mol. The highest BCUT2D eigenvalue weighted by Crippen LogP contribution is 2.29. The highest BCUT2D eigenvalue weighted by atomic mass is 16.5. The van der Waals surface area contributed by atoms with Crippen molar-refractivity contribution in [1.29, 1.82) is 0 Å². The monoisotopic (exact) mass is 426 g/mol. The van der Waals surface area contributed by atoms with Crippen LogP contribution in [0.4, 0.5) is 0 Å². The number of morpholine rings is 1. The summed E-state index contributed by atoms with van der Waals surface area (Å²) < 4.78 is 16.8. The van der Waals surface area contributed by atoms with Gasteiger partial charge in [0.25, 0.3) is 0 Å². The summed E-state index contributed by atoms with van der Waals surface area (Å²) in [7, 11) is 1.65. The standard InChI is InChI=1S/C25H34N2O4/c1-29-24-7-6-20(17-26-10-8-21-4-2-3-5-22(21)9-11-26)16-25(24)31-19-23(28)18-27-12-14-30-15-13-27/h2-7,16,23,28H,8-15,17-19H2,1H3. The van der Waals surface area contributed by atoms with Crippen molar-refractivity contribution in [3.8, 4) is 11.5 Å². The number of aliphatic hydroxyl groups excluding tert-OH is 1. The van der Waals surface area contributed by atoms with E-state index < -0.39 is 6.10 Å². The van der Waals surface area contributed by atoms with Crippen molar-refractivity contribution in [2.75, 3.05) is 59.7 Å². The molecule has 4 rings (SSSR count). The second kappa shape index (κ2) is 11.0. The fraction of sp³-hybridized carbons (Fsp3) is 0.520. The first-order chi connectivity index (χ1) is 15.2. The summed E-state index contributed by atoms with van der Waals surface area (Å²) in [6.07, 6.45) is 1.63. The highest BCUT2D eigenvalue weighted by molar-refractivity contribution is 5.43. The van der Waals surface area contributed by atoms with Gasteiger partial charge in [0.2, 0.25) is 0 Å². The Labute approximate surface area is 185 Å². The van der Waals surface area contributed by atoms with Gasteiger partial charge in [-0.2, -0.15) is 0 Å². The first kappa shape index (κ1) is 22.1. The van der Waals surface area contributed by atoms with Crippen LogP contribution >= 0.6 is 0 Å². The van der Waals surface area contributed by atoms with Crippen LogP contribution in [0.15, 0.2) is 42.5 Å². The van der Waals surface area contributed by atoms with Gasteiger partial charge in [0, 0.05) is 39.3 Å². The molecule has 1 fully saturated rings. The maximum Gasteiger partial charge on any atom is 0.161 e. The molecule has 1 unspecified atom stereocenters. The van der Waals surface area contributed by atoms with E-state index in [1.54, 1.807) is 7.11 Å². The number of nitrogens with zero attached hydrogens (tertiary/aromatic N) is 2. The van der Waals surface area contributed by atoms with Crippen molar-refractivity contribution >= 4 is 0 Å². The maximum absolute atomic E-state index is 10.4. The Morgan fingerprint density at radius 1 is 0.935 bits per heavy atom. The van der Waals surface area contributed by atoms with E-state index in [-0.39, 0.29) is 6.61 Å². The second-order valence-electron chi connectivity index (χ2n) is 8.41. The van der Waals surface area contributed by atoms with Gasteiger partial charge in [0.15, 0.2) is 11.5 Å². The molecule has 1 saturated heterocycles. The fourth-order valence-corrected chi connectivity index (χ4v) is 4.38. The van der Waals surface area contributed by atoms with Gasteiger partial charge < -0.3 is 19.3 Å². The van der Waals surface area contributed by atoms with E-state index in [1.807, 2.05) is 6.07 Å². The minimum Gasteiger partial charge on any atom is -0.493 e. The minimum atomic E-state index is -0.546. The van der Waals surface area contributed by atoms with Crippen LogP contribution in [0.25, 0.3) is 0 Å². The first-order valence-electron chi connectivity index (χ1n) is 11.3. The average Bonchev–Trinajstić information content (AvgIpc) is 3.01. The molecule has 0 saturated carbocycles. The van der Waals surface area contributed by atoms with E-state index in [0.717, 1.165) is 58.8 Å². The summed E-state index contributed by atoms with van der Waals surface area (Å²) in [4.78, 5) is 4.71. The number of aliphatic hydroxyl groups is 1. The second-order valence-corrected chi connectivity index (χ2v) is 8.41. The van der Waals surface area contributed by atoms with Crippen LogP contribution in [0.2, 0.25) is 0 Å². The van der Waals surface area contributed by atoms with Gasteiger partial charge in [-0.05, 0) is 41.7 Å². The molecular weight excluding hydrogens is 392 g/mol. The zero-order chi connectivity index (χ0) is 21.5. The lowest BCUT2D eigenvalue weighted by Gasteiger charge is -2.28. The summed E-state index contributed by atoms with van der Waals surface area (Å²) in [5, 5.41) is 10.4. The van der Waals surface area contributed by atoms with Crippen molar-refractivity contribution < 1.29 is 19.3 Å². The molecule has 2 aliphatic rings. The fourth-order valence-electron chi connectivity index (χ4n) is 4.38. The van der Waals surface area contributed by atoms with Gasteiger partial charge in [0.1, 0.15) is 12.7 Å². The van der Waals surface area contributed by atoms with Crippen molar-refractivity contribution in [3.05, 3.63) is 59.2 Å². The predicted octanol–water partition coefficient (Wildman–Crippen LogP) is 2.37. The summed E-state index contributed by atoms with van der Waals surface area (Å²) in [5.74, 6) is 1.39. The molecule has 0 aromatic heterocycles. The van der Waals surface area contributed by atoms with Crippen molar-refractivity contribution in [3.63, 3.8) is 0 Å². The Morgan fingerprint density at radius 2 is 1.65 bits per heavy atom. The SMILES string of the molecule is COc1ccc(CN2CCc3ccccc3CC2)cc1OCC(O)CN1CCOCC1. The Hall–Kier alpha value is -2.12. The molecule has 0 spiro atoms. The molecule has 1 N–H and O–H groups in total. The van der Waals surface area contributed by atoms with E-state index in [4.69, 9.17) is 14.2 Å². The highest BCUT2D eigenvalue weighted by Gasteiger charge is 2.18. The molecule has 0 radical (unpaired) electrons. The van der Waals surface area contributed by atoms with Gasteiger partial charge >= 0.3 is 0 Å². The van der Waals surface area contributed by atoms with Crippen molar-refractivity contribution in [2.24, 2.45) is 0 Å². The Bertz CT molecular complexity index is 811. The lowest BCUT2D eigenvalue weighted by atomic mass is 10.0. The summed E-state index contributed by atoms with van der Waals surface area (Å²) in [5.41, 5.74) is 4.14.